The number of likely N-dealkylation sites (tertiary alicyclic amines) is 1. The van der Waals surface area contributed by atoms with E-state index < -0.39 is 5.97 Å². The van der Waals surface area contributed by atoms with E-state index in [1.54, 1.807) is 42.6 Å². The summed E-state index contributed by atoms with van der Waals surface area (Å²) in [6, 6.07) is 14.6. The van der Waals surface area contributed by atoms with E-state index in [0.29, 0.717) is 57.5 Å². The minimum absolute atomic E-state index is 0. The smallest absolute Gasteiger partial charge is 0.338 e. The largest absolute Gasteiger partial charge is 0.478 e. The molecule has 0 spiro atoms. The second-order valence-electron chi connectivity index (χ2n) is 15.0. The summed E-state index contributed by atoms with van der Waals surface area (Å²) in [6.45, 7) is 12.6. The molecule has 308 valence electrons. The number of nitrogens with one attached hydrogen (secondary N) is 3. The molecule has 58 heavy (non-hydrogen) atoms. The van der Waals surface area contributed by atoms with Gasteiger partial charge in [0, 0.05) is 58.6 Å². The highest BCUT2D eigenvalue weighted by Gasteiger charge is 2.32. The van der Waals surface area contributed by atoms with Crippen molar-refractivity contribution in [3.8, 4) is 0 Å². The fraction of sp³-hybridized carbons (Fsp3) is 0.395. The number of carboxylic acid groups (broad SMARTS) is 1. The molecule has 2 fully saturated rings. The number of carbonyl (C=O) groups excluding carboxylic acids is 1. The molecule has 0 aliphatic carbocycles. The number of aryl methyl sites for hydroxylation is 4. The van der Waals surface area contributed by atoms with Gasteiger partial charge in [-0.15, -0.1) is 0 Å². The minimum atomic E-state index is -0.972. The zero-order chi connectivity index (χ0) is 41.1. The molecule has 2 aliphatic rings. The van der Waals surface area contributed by atoms with Gasteiger partial charge in [-0.3, -0.25) is 24.6 Å². The number of carboxylic acids is 1. The van der Waals surface area contributed by atoms with Gasteiger partial charge < -0.3 is 26.8 Å². The number of hydrogen-bond donors (Lipinski definition) is 6. The lowest BCUT2D eigenvalue weighted by atomic mass is 9.96. The van der Waals surface area contributed by atoms with Crippen molar-refractivity contribution in [2.75, 3.05) is 24.6 Å². The molecule has 8 N–H and O–H groups in total. The van der Waals surface area contributed by atoms with Crippen molar-refractivity contribution < 1.29 is 14.7 Å². The Morgan fingerprint density at radius 2 is 1.24 bits per heavy atom. The summed E-state index contributed by atoms with van der Waals surface area (Å²) >= 11 is 0. The first kappa shape index (κ1) is 42.9. The number of rotatable bonds is 4. The third-order valence-corrected chi connectivity index (χ3v) is 11.1. The third kappa shape index (κ3) is 8.69. The predicted octanol–water partition coefficient (Wildman–Crippen LogP) is 6.26. The monoisotopic (exact) mass is 792 g/mol. The van der Waals surface area contributed by atoms with Crippen molar-refractivity contribution >= 4 is 34.5 Å². The van der Waals surface area contributed by atoms with Crippen LogP contribution in [0.25, 0.3) is 11.3 Å². The lowest BCUT2D eigenvalue weighted by molar-refractivity contribution is 0.0605. The van der Waals surface area contributed by atoms with Crippen LogP contribution >= 0.6 is 0 Å². The van der Waals surface area contributed by atoms with Gasteiger partial charge in [0.15, 0.2) is 11.3 Å². The van der Waals surface area contributed by atoms with Gasteiger partial charge in [-0.25, -0.2) is 23.8 Å². The summed E-state index contributed by atoms with van der Waals surface area (Å²) in [7, 11) is 0. The van der Waals surface area contributed by atoms with Crippen molar-refractivity contribution in [1.29, 1.82) is 0 Å². The molecule has 0 unspecified atom stereocenters. The van der Waals surface area contributed by atoms with E-state index >= 15 is 0 Å². The van der Waals surface area contributed by atoms with Gasteiger partial charge in [-0.1, -0.05) is 38.1 Å². The summed E-state index contributed by atoms with van der Waals surface area (Å²) in [5.41, 5.74) is 20.6. The maximum Gasteiger partial charge on any atom is 0.338 e. The number of nitrogen functional groups attached to an aromatic ring is 2. The molecule has 2 saturated heterocycles. The van der Waals surface area contributed by atoms with Crippen LogP contribution in [0, 0.1) is 41.5 Å². The van der Waals surface area contributed by atoms with E-state index in [1.807, 2.05) is 56.9 Å². The van der Waals surface area contributed by atoms with E-state index in [9.17, 15) is 19.2 Å². The number of benzene rings is 2. The minimum Gasteiger partial charge on any atom is -0.478 e. The fourth-order valence-corrected chi connectivity index (χ4v) is 7.55. The number of amides is 1. The Hall–Kier alpha value is -6.22. The van der Waals surface area contributed by atoms with Crippen molar-refractivity contribution in [3.63, 3.8) is 0 Å². The molecule has 4 aromatic heterocycles. The molecule has 1 amide bonds. The van der Waals surface area contributed by atoms with Crippen LogP contribution in [0.1, 0.15) is 124 Å². The normalized spacial score (nSPS) is 16.5. The van der Waals surface area contributed by atoms with Gasteiger partial charge in [-0.05, 0) is 103 Å². The first-order valence-electron chi connectivity index (χ1n) is 19.3. The highest BCUT2D eigenvalue weighted by molar-refractivity contribution is 6.00. The Bertz CT molecular complexity index is 2540. The van der Waals surface area contributed by atoms with Crippen molar-refractivity contribution in [3.05, 3.63) is 125 Å². The van der Waals surface area contributed by atoms with Crippen molar-refractivity contribution in [2.24, 2.45) is 0 Å². The van der Waals surface area contributed by atoms with E-state index in [-0.39, 0.29) is 36.1 Å². The van der Waals surface area contributed by atoms with Gasteiger partial charge in [0.05, 0.1) is 28.6 Å². The van der Waals surface area contributed by atoms with Gasteiger partial charge in [0.1, 0.15) is 0 Å². The molecule has 15 heteroatoms. The molecule has 2 aromatic carbocycles. The zero-order valence-corrected chi connectivity index (χ0v) is 33.4. The van der Waals surface area contributed by atoms with Crippen LogP contribution in [-0.2, 0) is 0 Å². The summed E-state index contributed by atoms with van der Waals surface area (Å²) in [6.07, 6.45) is 6.37. The topological polar surface area (TPSA) is 222 Å². The number of carbonyl (C=O) groups is 2. The van der Waals surface area contributed by atoms with Crippen LogP contribution in [0.4, 0.5) is 11.4 Å². The SMILES string of the molecule is C.Cc1cccc(N)c1C(=O)N1CCCC[C@H]1c1cc2nc(C)c(C)c(=O)n2[nH]1.Cc1cccc(N)c1C(=O)O.Cc1nc2cc([C@@H]3CCCCN3)[nH]n2c(=O)c1C. The van der Waals surface area contributed by atoms with E-state index in [0.717, 1.165) is 60.6 Å². The lowest BCUT2D eigenvalue weighted by Gasteiger charge is -2.35. The maximum atomic E-state index is 13.4. The Labute approximate surface area is 337 Å². The number of aromatic amines is 2. The van der Waals surface area contributed by atoms with Gasteiger partial charge >= 0.3 is 5.97 Å². The van der Waals surface area contributed by atoms with E-state index in [1.165, 1.54) is 17.4 Å². The summed E-state index contributed by atoms with van der Waals surface area (Å²) in [4.78, 5) is 59.5. The molecule has 0 bridgehead atoms. The standard InChI is InChI=1S/C21H25N5O2.C13H18N4O.C8H9NO2.CH4/c1-12-7-6-8-15(22)19(12)21(28)25-10-5-4-9-17(25)16-11-18-23-14(3)13(2)20(27)26(18)24-16;1-8-9(2)15-12-7-11(16-17(12)13(8)18)10-5-3-4-6-14-10;1-5-3-2-4-6(9)7(5)8(10)11;/h6-8,11,17,24H,4-5,9-10,22H2,1-3H3;7,10,14,16H,3-6H2,1-2H3;2-4H,9H2,1H3,(H,10,11);1H4/t17-;10-;;/m00../s1. The highest BCUT2D eigenvalue weighted by atomic mass is 16.4. The fourth-order valence-electron chi connectivity index (χ4n) is 7.55. The Morgan fingerprint density at radius 3 is 1.74 bits per heavy atom. The first-order chi connectivity index (χ1) is 27.2. The summed E-state index contributed by atoms with van der Waals surface area (Å²) in [5, 5.41) is 18.5. The van der Waals surface area contributed by atoms with Gasteiger partial charge in [-0.2, -0.15) is 0 Å². The molecular formula is C43H56N10O5. The molecule has 6 heterocycles. The number of anilines is 2. The second kappa shape index (κ2) is 17.9. The number of nitrogens with zero attached hydrogens (tertiary/aromatic N) is 5. The summed E-state index contributed by atoms with van der Waals surface area (Å²) < 4.78 is 3.02. The second-order valence-corrected chi connectivity index (χ2v) is 15.0. The van der Waals surface area contributed by atoms with Crippen molar-refractivity contribution in [1.82, 2.24) is 39.4 Å². The highest BCUT2D eigenvalue weighted by Crippen LogP contribution is 2.33. The van der Waals surface area contributed by atoms with Crippen LogP contribution in [0.3, 0.4) is 0 Å². The number of aromatic carboxylic acids is 1. The molecule has 2 atom stereocenters. The third-order valence-electron chi connectivity index (χ3n) is 11.1. The van der Waals surface area contributed by atoms with Crippen molar-refractivity contribution in [2.45, 2.75) is 99.6 Å². The average Bonchev–Trinajstić information content (AvgIpc) is 3.82. The molecule has 0 saturated carbocycles. The van der Waals surface area contributed by atoms with Crippen LogP contribution in [0.2, 0.25) is 0 Å². The number of nitrogens with two attached hydrogens (primary N) is 2. The predicted molar refractivity (Wildman–Crippen MR) is 228 cm³/mol. The lowest BCUT2D eigenvalue weighted by Crippen LogP contribution is -2.39. The zero-order valence-electron chi connectivity index (χ0n) is 33.4. The summed E-state index contributed by atoms with van der Waals surface area (Å²) in [5.74, 6) is -1.03. The number of hydrogen-bond acceptors (Lipinski definition) is 9. The number of H-pyrrole nitrogens is 2. The van der Waals surface area contributed by atoms with Crippen LogP contribution in [0.5, 0.6) is 0 Å². The first-order valence-corrected chi connectivity index (χ1v) is 19.3. The molecular weight excluding hydrogens is 737 g/mol. The number of piperidine rings is 2. The average molecular weight is 793 g/mol. The molecule has 15 nitrogen and oxygen atoms in total. The molecule has 8 rings (SSSR count). The van der Waals surface area contributed by atoms with Crippen LogP contribution in [0.15, 0.2) is 58.1 Å². The number of fused-ring (bicyclic) bond motifs is 2. The Kier molecular flexibility index (Phi) is 13.3. The van der Waals surface area contributed by atoms with E-state index in [4.69, 9.17) is 16.6 Å². The van der Waals surface area contributed by atoms with Crippen LogP contribution in [-0.4, -0.2) is 64.2 Å². The quantitative estimate of drug-likeness (QED) is 0.110. The molecule has 6 aromatic rings. The number of aromatic nitrogens is 6. The Balaban J connectivity index is 0.000000183. The van der Waals surface area contributed by atoms with Gasteiger partial charge in [0.25, 0.3) is 17.0 Å². The van der Waals surface area contributed by atoms with Gasteiger partial charge in [0.2, 0.25) is 0 Å². The maximum absolute atomic E-state index is 13.4. The van der Waals surface area contributed by atoms with Crippen LogP contribution < -0.4 is 27.9 Å². The molecule has 0 radical (unpaired) electrons. The van der Waals surface area contributed by atoms with E-state index in [2.05, 4.69) is 25.5 Å². The Morgan fingerprint density at radius 1 is 0.724 bits per heavy atom. The molecule has 2 aliphatic heterocycles.